The number of halogens is 1. The highest BCUT2D eigenvalue weighted by molar-refractivity contribution is 6.17. The lowest BCUT2D eigenvalue weighted by Gasteiger charge is -2.23. The third kappa shape index (κ3) is 8.35. The molecule has 12 heavy (non-hydrogen) atoms. The van der Waals surface area contributed by atoms with E-state index < -0.39 is 0 Å². The molecule has 0 saturated carbocycles. The third-order valence-electron chi connectivity index (χ3n) is 1.92. The molecule has 0 saturated heterocycles. The number of rotatable bonds is 5. The van der Waals surface area contributed by atoms with Crippen LogP contribution in [0, 0.1) is 5.41 Å². The first-order chi connectivity index (χ1) is 5.45. The van der Waals surface area contributed by atoms with E-state index in [9.17, 15) is 0 Å². The Balaban J connectivity index is 3.37. The van der Waals surface area contributed by atoms with Crippen LogP contribution in [0.1, 0.15) is 33.6 Å². The van der Waals surface area contributed by atoms with E-state index >= 15 is 0 Å². The molecule has 0 atom stereocenters. The second-order valence-electron chi connectivity index (χ2n) is 4.66. The molecule has 1 nitrogen and oxygen atoms in total. The number of hydrogen-bond donors (Lipinski definition) is 0. The zero-order chi connectivity index (χ0) is 9.61. The quantitative estimate of drug-likeness (QED) is 0.604. The average Bonchev–Trinajstić information content (AvgIpc) is 1.95. The molecule has 0 heterocycles. The molecule has 74 valence electrons. The van der Waals surface area contributed by atoms with Crippen molar-refractivity contribution >= 4 is 11.6 Å². The van der Waals surface area contributed by atoms with Crippen LogP contribution in [0.5, 0.6) is 0 Å². The smallest absolute Gasteiger partial charge is 0.0235 e. The normalized spacial score (nSPS) is 12.5. The van der Waals surface area contributed by atoms with Gasteiger partial charge in [0, 0.05) is 5.88 Å². The van der Waals surface area contributed by atoms with Crippen molar-refractivity contribution < 1.29 is 0 Å². The Hall–Kier alpha value is 0.250. The predicted octanol–water partition coefficient (Wildman–Crippen LogP) is 2.98. The van der Waals surface area contributed by atoms with Crippen molar-refractivity contribution in [3.8, 4) is 0 Å². The molecule has 0 spiro atoms. The largest absolute Gasteiger partial charge is 0.306 e. The molecule has 0 bridgehead atoms. The SMILES string of the molecule is CN(CCCCl)CCC(C)(C)C. The van der Waals surface area contributed by atoms with Crippen molar-refractivity contribution in [3.05, 3.63) is 0 Å². The van der Waals surface area contributed by atoms with Crippen molar-refractivity contribution in [2.45, 2.75) is 33.6 Å². The second kappa shape index (κ2) is 5.82. The Labute approximate surface area is 82.1 Å². The first-order valence-corrected chi connectivity index (χ1v) is 5.24. The molecule has 0 rings (SSSR count). The monoisotopic (exact) mass is 191 g/mol. The maximum Gasteiger partial charge on any atom is 0.0235 e. The van der Waals surface area contributed by atoms with Gasteiger partial charge in [-0.15, -0.1) is 11.6 Å². The fourth-order valence-electron chi connectivity index (χ4n) is 0.968. The van der Waals surface area contributed by atoms with E-state index in [1.165, 1.54) is 13.0 Å². The van der Waals surface area contributed by atoms with Crippen molar-refractivity contribution in [3.63, 3.8) is 0 Å². The van der Waals surface area contributed by atoms with Gasteiger partial charge in [0.05, 0.1) is 0 Å². The van der Waals surface area contributed by atoms with Crippen LogP contribution in [0.3, 0.4) is 0 Å². The Morgan fingerprint density at radius 3 is 2.17 bits per heavy atom. The Morgan fingerprint density at radius 2 is 1.75 bits per heavy atom. The van der Waals surface area contributed by atoms with Crippen LogP contribution in [0.2, 0.25) is 0 Å². The van der Waals surface area contributed by atoms with E-state index in [1.54, 1.807) is 0 Å². The number of hydrogen-bond acceptors (Lipinski definition) is 1. The van der Waals surface area contributed by atoms with Gasteiger partial charge in [-0.25, -0.2) is 0 Å². The molecule has 0 fully saturated rings. The highest BCUT2D eigenvalue weighted by atomic mass is 35.5. The summed E-state index contributed by atoms with van der Waals surface area (Å²) in [5.74, 6) is 0.778. The minimum absolute atomic E-state index is 0.454. The van der Waals surface area contributed by atoms with Crippen molar-refractivity contribution in [2.24, 2.45) is 5.41 Å². The lowest BCUT2D eigenvalue weighted by atomic mass is 9.92. The molecule has 0 aromatic carbocycles. The predicted molar refractivity (Wildman–Crippen MR) is 56.9 cm³/mol. The fraction of sp³-hybridized carbons (Fsp3) is 1.00. The molecular weight excluding hydrogens is 170 g/mol. The first-order valence-electron chi connectivity index (χ1n) is 4.70. The molecule has 0 amide bonds. The summed E-state index contributed by atoms with van der Waals surface area (Å²) in [6, 6.07) is 0. The summed E-state index contributed by atoms with van der Waals surface area (Å²) in [6.45, 7) is 9.15. The van der Waals surface area contributed by atoms with Gasteiger partial charge in [-0.2, -0.15) is 0 Å². The third-order valence-corrected chi connectivity index (χ3v) is 2.18. The molecule has 0 aromatic heterocycles. The van der Waals surface area contributed by atoms with Crippen LogP contribution in [-0.2, 0) is 0 Å². The van der Waals surface area contributed by atoms with Crippen molar-refractivity contribution in [1.29, 1.82) is 0 Å². The molecule has 0 N–H and O–H groups in total. The Bertz CT molecular complexity index is 107. The van der Waals surface area contributed by atoms with E-state index in [1.807, 2.05) is 0 Å². The minimum Gasteiger partial charge on any atom is -0.306 e. The topological polar surface area (TPSA) is 3.24 Å². The van der Waals surface area contributed by atoms with Gasteiger partial charge in [0.25, 0.3) is 0 Å². The van der Waals surface area contributed by atoms with Gasteiger partial charge in [-0.3, -0.25) is 0 Å². The standard InChI is InChI=1S/C10H22ClN/c1-10(2,3)6-9-12(4)8-5-7-11/h5-9H2,1-4H3. The highest BCUT2D eigenvalue weighted by Gasteiger charge is 2.10. The molecule has 0 aliphatic rings. The highest BCUT2D eigenvalue weighted by Crippen LogP contribution is 2.18. The molecule has 2 heteroatoms. The zero-order valence-electron chi connectivity index (χ0n) is 8.86. The van der Waals surface area contributed by atoms with Crippen LogP contribution in [-0.4, -0.2) is 30.9 Å². The van der Waals surface area contributed by atoms with E-state index in [0.29, 0.717) is 5.41 Å². The van der Waals surface area contributed by atoms with E-state index in [0.717, 1.165) is 18.8 Å². The van der Waals surface area contributed by atoms with Gasteiger partial charge < -0.3 is 4.90 Å². The molecule has 0 radical (unpaired) electrons. The summed E-state index contributed by atoms with van der Waals surface area (Å²) in [5.41, 5.74) is 0.454. The fourth-order valence-corrected chi connectivity index (χ4v) is 1.09. The van der Waals surface area contributed by atoms with Gasteiger partial charge in [-0.1, -0.05) is 20.8 Å². The van der Waals surface area contributed by atoms with Gasteiger partial charge >= 0.3 is 0 Å². The molecule has 0 aromatic rings. The molecule has 0 aliphatic carbocycles. The lowest BCUT2D eigenvalue weighted by molar-refractivity contribution is 0.265. The van der Waals surface area contributed by atoms with Crippen LogP contribution in [0.4, 0.5) is 0 Å². The summed E-state index contributed by atoms with van der Waals surface area (Å²) in [6.07, 6.45) is 2.36. The van der Waals surface area contributed by atoms with E-state index in [2.05, 4.69) is 32.7 Å². The van der Waals surface area contributed by atoms with Gasteiger partial charge in [0.1, 0.15) is 0 Å². The zero-order valence-corrected chi connectivity index (χ0v) is 9.62. The number of nitrogens with zero attached hydrogens (tertiary/aromatic N) is 1. The van der Waals surface area contributed by atoms with Crippen LogP contribution in [0.25, 0.3) is 0 Å². The summed E-state index contributed by atoms with van der Waals surface area (Å²) < 4.78 is 0. The second-order valence-corrected chi connectivity index (χ2v) is 5.03. The number of alkyl halides is 1. The summed E-state index contributed by atoms with van der Waals surface area (Å²) in [5, 5.41) is 0. The Kier molecular flexibility index (Phi) is 5.94. The molecule has 0 unspecified atom stereocenters. The average molecular weight is 192 g/mol. The molecular formula is C10H22ClN. The Morgan fingerprint density at radius 1 is 1.17 bits per heavy atom. The van der Waals surface area contributed by atoms with E-state index in [-0.39, 0.29) is 0 Å². The minimum atomic E-state index is 0.454. The van der Waals surface area contributed by atoms with Gasteiger partial charge in [0.15, 0.2) is 0 Å². The lowest BCUT2D eigenvalue weighted by Crippen LogP contribution is -2.24. The van der Waals surface area contributed by atoms with Gasteiger partial charge in [-0.05, 0) is 38.4 Å². The van der Waals surface area contributed by atoms with Gasteiger partial charge in [0.2, 0.25) is 0 Å². The summed E-state index contributed by atoms with van der Waals surface area (Å²) in [4.78, 5) is 2.35. The van der Waals surface area contributed by atoms with Crippen LogP contribution in [0.15, 0.2) is 0 Å². The van der Waals surface area contributed by atoms with Crippen LogP contribution < -0.4 is 0 Å². The summed E-state index contributed by atoms with van der Waals surface area (Å²) in [7, 11) is 2.16. The maximum absolute atomic E-state index is 5.61. The molecule has 0 aliphatic heterocycles. The van der Waals surface area contributed by atoms with E-state index in [4.69, 9.17) is 11.6 Å². The van der Waals surface area contributed by atoms with Crippen molar-refractivity contribution in [2.75, 3.05) is 26.0 Å². The van der Waals surface area contributed by atoms with Crippen molar-refractivity contribution in [1.82, 2.24) is 4.90 Å². The maximum atomic E-state index is 5.61. The van der Waals surface area contributed by atoms with Crippen LogP contribution >= 0.6 is 11.6 Å². The summed E-state index contributed by atoms with van der Waals surface area (Å²) >= 11 is 5.61. The first kappa shape index (κ1) is 12.2.